The molecule has 0 aliphatic rings. The molecule has 0 unspecified atom stereocenters. The van der Waals surface area contributed by atoms with E-state index in [9.17, 15) is 9.59 Å². The van der Waals surface area contributed by atoms with E-state index < -0.39 is 5.91 Å². The molecule has 7 nitrogen and oxygen atoms in total. The monoisotopic (exact) mass is 420 g/mol. The van der Waals surface area contributed by atoms with Gasteiger partial charge in [-0.3, -0.25) is 14.9 Å². The van der Waals surface area contributed by atoms with Crippen LogP contribution >= 0.6 is 11.3 Å². The number of nitrogens with zero attached hydrogens (tertiary/aromatic N) is 3. The predicted octanol–water partition coefficient (Wildman–Crippen LogP) is 4.36. The molecule has 4 rings (SSSR count). The first-order valence-corrected chi connectivity index (χ1v) is 10.3. The van der Waals surface area contributed by atoms with Crippen LogP contribution in [0.25, 0.3) is 22.0 Å². The molecule has 0 fully saturated rings. The minimum absolute atomic E-state index is 0.171. The van der Waals surface area contributed by atoms with E-state index in [0.29, 0.717) is 15.9 Å². The molecule has 0 saturated heterocycles. The topological polar surface area (TPSA) is 86.1 Å². The average molecular weight is 420 g/mol. The fourth-order valence-electron chi connectivity index (χ4n) is 3.11. The minimum atomic E-state index is -0.406. The smallest absolute Gasteiger partial charge is 0.278 e. The molecule has 2 heterocycles. The van der Waals surface area contributed by atoms with E-state index in [1.165, 1.54) is 16.0 Å². The summed E-state index contributed by atoms with van der Waals surface area (Å²) >= 11 is 1.33. The third-order valence-electron chi connectivity index (χ3n) is 4.64. The number of amides is 1. The van der Waals surface area contributed by atoms with Gasteiger partial charge < -0.3 is 4.74 Å². The van der Waals surface area contributed by atoms with Crippen LogP contribution < -0.4 is 15.6 Å². The summed E-state index contributed by atoms with van der Waals surface area (Å²) < 4.78 is 6.51. The van der Waals surface area contributed by atoms with Crippen molar-refractivity contribution >= 4 is 33.1 Å². The molecule has 2 aromatic heterocycles. The van der Waals surface area contributed by atoms with Crippen molar-refractivity contribution in [1.82, 2.24) is 14.8 Å². The number of ether oxygens (including phenoxy) is 1. The number of fused-ring (bicyclic) bond motifs is 1. The Morgan fingerprint density at radius 2 is 1.80 bits per heavy atom. The molecular weight excluding hydrogens is 400 g/mol. The molecule has 0 aliphatic carbocycles. The highest BCUT2D eigenvalue weighted by molar-refractivity contribution is 7.14. The Kier molecular flexibility index (Phi) is 5.33. The highest BCUT2D eigenvalue weighted by Gasteiger charge is 2.19. The molecule has 0 atom stereocenters. The molecule has 1 N–H and O–H groups in total. The van der Waals surface area contributed by atoms with Crippen molar-refractivity contribution < 1.29 is 9.53 Å². The molecule has 2 aromatic carbocycles. The van der Waals surface area contributed by atoms with Crippen molar-refractivity contribution in [2.24, 2.45) is 0 Å². The van der Waals surface area contributed by atoms with Crippen LogP contribution in [0.3, 0.4) is 0 Å². The number of carbonyl (C=O) groups is 1. The van der Waals surface area contributed by atoms with Crippen molar-refractivity contribution in [1.29, 1.82) is 0 Å². The Labute approximate surface area is 177 Å². The van der Waals surface area contributed by atoms with E-state index in [1.807, 2.05) is 43.5 Å². The number of anilines is 1. The fourth-order valence-corrected chi connectivity index (χ4v) is 3.82. The van der Waals surface area contributed by atoms with Crippen LogP contribution in [0, 0.1) is 0 Å². The lowest BCUT2D eigenvalue weighted by molar-refractivity contribution is 0.102. The van der Waals surface area contributed by atoms with Crippen LogP contribution in [-0.4, -0.2) is 27.8 Å². The number of nitrogens with one attached hydrogen (secondary N) is 1. The molecule has 152 valence electrons. The number of hydrogen-bond acceptors (Lipinski definition) is 6. The van der Waals surface area contributed by atoms with Gasteiger partial charge >= 0.3 is 0 Å². The van der Waals surface area contributed by atoms with E-state index in [4.69, 9.17) is 4.74 Å². The molecule has 0 bridgehead atoms. The van der Waals surface area contributed by atoms with Crippen LogP contribution in [0.4, 0.5) is 5.13 Å². The second-order valence-electron chi connectivity index (χ2n) is 6.96. The van der Waals surface area contributed by atoms with E-state index in [1.54, 1.807) is 31.4 Å². The largest absolute Gasteiger partial charge is 0.497 e. The number of thiazole rings is 1. The number of hydrogen-bond donors (Lipinski definition) is 1. The van der Waals surface area contributed by atoms with Gasteiger partial charge in [-0.1, -0.05) is 18.2 Å². The quantitative estimate of drug-likeness (QED) is 0.518. The summed E-state index contributed by atoms with van der Waals surface area (Å²) in [5.41, 5.74) is 1.65. The van der Waals surface area contributed by atoms with Crippen molar-refractivity contribution in [3.63, 3.8) is 0 Å². The fraction of sp³-hybridized carbons (Fsp3) is 0.182. The molecule has 8 heteroatoms. The van der Waals surface area contributed by atoms with Gasteiger partial charge in [0.15, 0.2) is 10.8 Å². The highest BCUT2D eigenvalue weighted by Crippen LogP contribution is 2.27. The summed E-state index contributed by atoms with van der Waals surface area (Å²) in [6, 6.07) is 14.4. The second-order valence-corrected chi connectivity index (χ2v) is 7.82. The Hall–Kier alpha value is -3.52. The van der Waals surface area contributed by atoms with Gasteiger partial charge in [0.25, 0.3) is 11.5 Å². The van der Waals surface area contributed by atoms with Crippen molar-refractivity contribution in [2.45, 2.75) is 19.9 Å². The number of carbonyl (C=O) groups excluding carboxylic acids is 1. The second kappa shape index (κ2) is 8.08. The normalized spacial score (nSPS) is 11.1. The van der Waals surface area contributed by atoms with Crippen LogP contribution in [0.2, 0.25) is 0 Å². The maximum Gasteiger partial charge on any atom is 0.278 e. The number of methoxy groups -OCH3 is 1. The Morgan fingerprint density at radius 1 is 1.10 bits per heavy atom. The highest BCUT2D eigenvalue weighted by atomic mass is 32.1. The summed E-state index contributed by atoms with van der Waals surface area (Å²) in [5, 5.41) is 10.5. The third-order valence-corrected chi connectivity index (χ3v) is 5.40. The molecule has 1 amide bonds. The van der Waals surface area contributed by atoms with Crippen molar-refractivity contribution in [2.75, 3.05) is 12.4 Å². The molecular formula is C22H20N4O3S. The van der Waals surface area contributed by atoms with Gasteiger partial charge in [0.1, 0.15) is 5.75 Å². The SMILES string of the molecule is COc1ccc(-c2csc(NC(=O)c3nn(C(C)C)c(=O)c4ccccc34)n2)cc1. The molecule has 0 radical (unpaired) electrons. The van der Waals surface area contributed by atoms with E-state index >= 15 is 0 Å². The lowest BCUT2D eigenvalue weighted by Gasteiger charge is -2.12. The van der Waals surface area contributed by atoms with Gasteiger partial charge in [-0.15, -0.1) is 11.3 Å². The molecule has 4 aromatic rings. The average Bonchev–Trinajstić information content (AvgIpc) is 3.22. The zero-order valence-electron chi connectivity index (χ0n) is 16.7. The van der Waals surface area contributed by atoms with Crippen LogP contribution in [-0.2, 0) is 0 Å². The Morgan fingerprint density at radius 3 is 2.47 bits per heavy atom. The molecule has 0 saturated carbocycles. The predicted molar refractivity (Wildman–Crippen MR) is 118 cm³/mol. The first-order chi connectivity index (χ1) is 14.5. The van der Waals surface area contributed by atoms with E-state index in [0.717, 1.165) is 17.0 Å². The van der Waals surface area contributed by atoms with Crippen molar-refractivity contribution in [3.8, 4) is 17.0 Å². The van der Waals surface area contributed by atoms with E-state index in [2.05, 4.69) is 15.4 Å². The van der Waals surface area contributed by atoms with Gasteiger partial charge in [-0.2, -0.15) is 5.10 Å². The summed E-state index contributed by atoms with van der Waals surface area (Å²) in [4.78, 5) is 30.2. The summed E-state index contributed by atoms with van der Waals surface area (Å²) in [5.74, 6) is 0.358. The van der Waals surface area contributed by atoms with Gasteiger partial charge in [0, 0.05) is 16.3 Å². The van der Waals surface area contributed by atoms with Crippen LogP contribution in [0.15, 0.2) is 58.7 Å². The van der Waals surface area contributed by atoms with Gasteiger partial charge in [-0.05, 0) is 44.2 Å². The lowest BCUT2D eigenvalue weighted by atomic mass is 10.1. The summed E-state index contributed by atoms with van der Waals surface area (Å²) in [7, 11) is 1.62. The maximum atomic E-state index is 13.0. The lowest BCUT2D eigenvalue weighted by Crippen LogP contribution is -2.28. The molecule has 0 aliphatic heterocycles. The standard InChI is InChI=1S/C22H20N4O3S/c1-13(2)26-21(28)17-7-5-4-6-16(17)19(25-26)20(27)24-22-23-18(12-30-22)14-8-10-15(29-3)11-9-14/h4-13H,1-3H3,(H,23,24,27). The number of aromatic nitrogens is 3. The van der Waals surface area contributed by atoms with Gasteiger partial charge in [0.05, 0.1) is 24.2 Å². The molecule has 30 heavy (non-hydrogen) atoms. The number of rotatable bonds is 5. The van der Waals surface area contributed by atoms with Crippen LogP contribution in [0.1, 0.15) is 30.4 Å². The first-order valence-electron chi connectivity index (χ1n) is 9.41. The molecule has 0 spiro atoms. The van der Waals surface area contributed by atoms with Gasteiger partial charge in [0.2, 0.25) is 0 Å². The summed E-state index contributed by atoms with van der Waals surface area (Å²) in [6.45, 7) is 3.71. The third kappa shape index (κ3) is 3.69. The van der Waals surface area contributed by atoms with Crippen LogP contribution in [0.5, 0.6) is 5.75 Å². The zero-order chi connectivity index (χ0) is 21.3. The van der Waals surface area contributed by atoms with Gasteiger partial charge in [-0.25, -0.2) is 9.67 Å². The summed E-state index contributed by atoms with van der Waals surface area (Å²) in [6.07, 6.45) is 0. The maximum absolute atomic E-state index is 13.0. The Balaban J connectivity index is 1.66. The first kappa shape index (κ1) is 19.8. The Bertz CT molecular complexity index is 1280. The zero-order valence-corrected chi connectivity index (χ0v) is 17.6. The number of benzene rings is 2. The van der Waals surface area contributed by atoms with E-state index in [-0.39, 0.29) is 17.3 Å². The van der Waals surface area contributed by atoms with Crippen molar-refractivity contribution in [3.05, 3.63) is 70.0 Å². The minimum Gasteiger partial charge on any atom is -0.497 e.